The van der Waals surface area contributed by atoms with Crippen molar-refractivity contribution in [3.05, 3.63) is 71.9 Å². The van der Waals surface area contributed by atoms with Crippen molar-refractivity contribution in [1.82, 2.24) is 4.90 Å². The largest absolute Gasteiger partial charge is 0.306 e. The Balaban J connectivity index is 5.65. The van der Waals surface area contributed by atoms with Gasteiger partial charge in [0.05, 0.1) is 5.71 Å². The minimum atomic E-state index is 0.232. The van der Waals surface area contributed by atoms with Crippen LogP contribution >= 0.6 is 0 Å². The zero-order chi connectivity index (χ0) is 23.3. The van der Waals surface area contributed by atoms with Gasteiger partial charge in [-0.05, 0) is 90.0 Å². The molecule has 0 aliphatic rings. The van der Waals surface area contributed by atoms with E-state index >= 15 is 0 Å². The molecule has 0 aromatic heterocycles. The summed E-state index contributed by atoms with van der Waals surface area (Å²) in [5.41, 5.74) is 7.23. The van der Waals surface area contributed by atoms with Gasteiger partial charge in [0.25, 0.3) is 0 Å². The molecule has 0 amide bonds. The normalized spacial score (nSPS) is 13.3. The van der Waals surface area contributed by atoms with Gasteiger partial charge in [0.2, 0.25) is 0 Å². The number of allylic oxidation sites excluding steroid dienone is 7. The molecule has 0 rings (SSSR count). The van der Waals surface area contributed by atoms with Crippen molar-refractivity contribution in [3.63, 3.8) is 0 Å². The molecule has 0 aliphatic carbocycles. The molecule has 168 valence electrons. The van der Waals surface area contributed by atoms with E-state index in [0.29, 0.717) is 12.1 Å². The van der Waals surface area contributed by atoms with Crippen LogP contribution < -0.4 is 0 Å². The first kappa shape index (κ1) is 28.1. The molecular weight excluding hydrogens is 364 g/mol. The molecule has 30 heavy (non-hydrogen) atoms. The Kier molecular flexibility index (Phi) is 14.0. The third-order valence-corrected chi connectivity index (χ3v) is 5.18. The highest BCUT2D eigenvalue weighted by molar-refractivity contribution is 6.11. The van der Waals surface area contributed by atoms with E-state index < -0.39 is 0 Å². The van der Waals surface area contributed by atoms with Crippen LogP contribution in [0.2, 0.25) is 0 Å². The van der Waals surface area contributed by atoms with Gasteiger partial charge in [-0.2, -0.15) is 0 Å². The lowest BCUT2D eigenvalue weighted by Crippen LogP contribution is -2.21. The molecule has 0 bridgehead atoms. The lowest BCUT2D eigenvalue weighted by atomic mass is 9.81. The summed E-state index contributed by atoms with van der Waals surface area (Å²) in [5, 5.41) is 9.02. The van der Waals surface area contributed by atoms with Crippen LogP contribution in [-0.2, 0) is 0 Å². The summed E-state index contributed by atoms with van der Waals surface area (Å²) < 4.78 is 0. The molecule has 0 radical (unpaired) electrons. The minimum Gasteiger partial charge on any atom is -0.306 e. The summed E-state index contributed by atoms with van der Waals surface area (Å²) in [6, 6.07) is 0. The highest BCUT2D eigenvalue weighted by Gasteiger charge is 2.21. The van der Waals surface area contributed by atoms with Gasteiger partial charge in [-0.25, -0.2) is 0 Å². The van der Waals surface area contributed by atoms with E-state index in [1.807, 2.05) is 6.92 Å². The van der Waals surface area contributed by atoms with Crippen molar-refractivity contribution < 1.29 is 0 Å². The van der Waals surface area contributed by atoms with Crippen molar-refractivity contribution in [2.45, 2.75) is 73.1 Å². The predicted octanol–water partition coefficient (Wildman–Crippen LogP) is 8.07. The number of rotatable bonds is 16. The third-order valence-electron chi connectivity index (χ3n) is 5.18. The van der Waals surface area contributed by atoms with Crippen LogP contribution in [0.1, 0.15) is 73.1 Å². The summed E-state index contributed by atoms with van der Waals surface area (Å²) in [7, 11) is 2.15. The van der Waals surface area contributed by atoms with Gasteiger partial charge in [0.1, 0.15) is 0 Å². The van der Waals surface area contributed by atoms with Gasteiger partial charge in [-0.1, -0.05) is 68.0 Å². The van der Waals surface area contributed by atoms with Gasteiger partial charge in [0.15, 0.2) is 0 Å². The van der Waals surface area contributed by atoms with E-state index in [9.17, 15) is 0 Å². The molecule has 0 aromatic rings. The van der Waals surface area contributed by atoms with Crippen LogP contribution in [-0.4, -0.2) is 30.7 Å². The van der Waals surface area contributed by atoms with Crippen LogP contribution in [0.15, 0.2) is 71.9 Å². The van der Waals surface area contributed by atoms with Gasteiger partial charge in [0, 0.05) is 6.54 Å². The lowest BCUT2D eigenvalue weighted by molar-refractivity contribution is 0.338. The molecule has 0 saturated heterocycles. The summed E-state index contributed by atoms with van der Waals surface area (Å²) in [6.45, 7) is 29.4. The minimum absolute atomic E-state index is 0.232. The summed E-state index contributed by atoms with van der Waals surface area (Å²) in [4.78, 5) is 2.33. The molecular formula is C28H46N2. The Hall–Kier alpha value is -1.93. The Morgan fingerprint density at radius 3 is 2.17 bits per heavy atom. The monoisotopic (exact) mass is 410 g/mol. The van der Waals surface area contributed by atoms with E-state index in [-0.39, 0.29) is 5.92 Å². The highest BCUT2D eigenvalue weighted by Crippen LogP contribution is 2.31. The number of hydrogen-bond donors (Lipinski definition) is 1. The maximum Gasteiger partial charge on any atom is 0.0603 e. The molecule has 0 saturated carbocycles. The second-order valence-corrected chi connectivity index (χ2v) is 8.95. The van der Waals surface area contributed by atoms with Gasteiger partial charge in [-0.15, -0.1) is 6.58 Å². The summed E-state index contributed by atoms with van der Waals surface area (Å²) in [6.07, 6.45) is 9.58. The Morgan fingerprint density at radius 1 is 1.03 bits per heavy atom. The second-order valence-electron chi connectivity index (χ2n) is 8.95. The van der Waals surface area contributed by atoms with Crippen LogP contribution in [0.5, 0.6) is 0 Å². The molecule has 0 aromatic carbocycles. The molecule has 0 spiro atoms. The van der Waals surface area contributed by atoms with E-state index in [4.69, 9.17) is 5.41 Å². The maximum absolute atomic E-state index is 9.02. The average Bonchev–Trinajstić information content (AvgIpc) is 2.63. The molecule has 2 nitrogen and oxygen atoms in total. The topological polar surface area (TPSA) is 27.1 Å². The smallest absolute Gasteiger partial charge is 0.0603 e. The SMILES string of the molecule is C=C(C)C/C(CC=CC)=C(\C(=N)C(=C)CC(=C)CCN(C)CCC)C(C)CC(=C)C. The number of nitrogens with zero attached hydrogens (tertiary/aromatic N) is 1. The van der Waals surface area contributed by atoms with Crippen molar-refractivity contribution in [2.24, 2.45) is 5.92 Å². The zero-order valence-corrected chi connectivity index (χ0v) is 20.7. The van der Waals surface area contributed by atoms with E-state index in [1.165, 1.54) is 5.57 Å². The van der Waals surface area contributed by atoms with Crippen molar-refractivity contribution in [2.75, 3.05) is 20.1 Å². The molecule has 1 atom stereocenters. The van der Waals surface area contributed by atoms with Crippen LogP contribution in [0.3, 0.4) is 0 Å². The second kappa shape index (κ2) is 15.0. The van der Waals surface area contributed by atoms with E-state index in [2.05, 4.69) is 78.1 Å². The van der Waals surface area contributed by atoms with Crippen LogP contribution in [0.4, 0.5) is 0 Å². The Bertz CT molecular complexity index is 687. The van der Waals surface area contributed by atoms with E-state index in [0.717, 1.165) is 73.1 Å². The first-order chi connectivity index (χ1) is 14.0. The van der Waals surface area contributed by atoms with Gasteiger partial charge in [-0.3, -0.25) is 0 Å². The zero-order valence-electron chi connectivity index (χ0n) is 20.7. The molecule has 0 fully saturated rings. The predicted molar refractivity (Wildman–Crippen MR) is 138 cm³/mol. The fourth-order valence-corrected chi connectivity index (χ4v) is 3.81. The Morgan fingerprint density at radius 2 is 1.67 bits per heavy atom. The standard InChI is InChI=1S/C28H46N2/c1-11-13-14-26(19-22(5)6)27(24(8)18-21(3)4)28(29)25(9)20-23(7)15-17-30(10)16-12-2/h11,13,24,29H,3,5,7,9,12,14-20H2,1-2,4,6,8,10H3/b13-11?,27-26-,29-28?. The molecule has 2 heteroatoms. The summed E-state index contributed by atoms with van der Waals surface area (Å²) >= 11 is 0. The maximum atomic E-state index is 9.02. The molecule has 0 heterocycles. The fourth-order valence-electron chi connectivity index (χ4n) is 3.81. The van der Waals surface area contributed by atoms with Crippen molar-refractivity contribution in [3.8, 4) is 0 Å². The lowest BCUT2D eigenvalue weighted by Gasteiger charge is -2.24. The first-order valence-corrected chi connectivity index (χ1v) is 11.3. The van der Waals surface area contributed by atoms with Crippen molar-refractivity contribution >= 4 is 5.71 Å². The van der Waals surface area contributed by atoms with Gasteiger partial charge >= 0.3 is 0 Å². The van der Waals surface area contributed by atoms with Crippen LogP contribution in [0, 0.1) is 11.3 Å². The molecule has 1 unspecified atom stereocenters. The molecule has 0 aliphatic heterocycles. The van der Waals surface area contributed by atoms with E-state index in [1.54, 1.807) is 0 Å². The first-order valence-electron chi connectivity index (χ1n) is 11.3. The quantitative estimate of drug-likeness (QED) is 0.202. The van der Waals surface area contributed by atoms with Crippen LogP contribution in [0.25, 0.3) is 0 Å². The number of hydrogen-bond acceptors (Lipinski definition) is 2. The fraction of sp³-hybridized carbons (Fsp3) is 0.536. The third kappa shape index (κ3) is 11.3. The Labute approximate surface area is 187 Å². The number of nitrogens with one attached hydrogen (secondary N) is 1. The van der Waals surface area contributed by atoms with Gasteiger partial charge < -0.3 is 10.3 Å². The molecule has 1 N–H and O–H groups in total. The summed E-state index contributed by atoms with van der Waals surface area (Å²) in [5.74, 6) is 0.232. The average molecular weight is 411 g/mol. The highest BCUT2D eigenvalue weighted by atomic mass is 15.1. The van der Waals surface area contributed by atoms with Crippen molar-refractivity contribution in [1.29, 1.82) is 5.41 Å².